The molecule has 0 N–H and O–H groups in total. The van der Waals surface area contributed by atoms with Crippen LogP contribution in [0.5, 0.6) is 0 Å². The number of nitrogens with zero attached hydrogens (tertiary/aromatic N) is 2. The molecule has 1 saturated heterocycles. The predicted octanol–water partition coefficient (Wildman–Crippen LogP) is 6.69. The second kappa shape index (κ2) is 8.35. The highest BCUT2D eigenvalue weighted by atomic mass is 35.5. The molecule has 2 aliphatic heterocycles. The van der Waals surface area contributed by atoms with Gasteiger partial charge in [-0.05, 0) is 59.6 Å². The number of carbonyl (C=O) groups is 1. The van der Waals surface area contributed by atoms with Crippen molar-refractivity contribution < 1.29 is 9.53 Å². The number of pyridine rings is 1. The van der Waals surface area contributed by atoms with Crippen LogP contribution in [0.15, 0.2) is 72.9 Å². The maximum atomic E-state index is 13.3. The van der Waals surface area contributed by atoms with Gasteiger partial charge in [0.2, 0.25) is 0 Å². The zero-order valence-electron chi connectivity index (χ0n) is 18.3. The van der Waals surface area contributed by atoms with Crippen molar-refractivity contribution in [1.29, 1.82) is 0 Å². The first-order valence-corrected chi connectivity index (χ1v) is 12.0. The smallest absolute Gasteiger partial charge is 0.410 e. The Labute approximate surface area is 198 Å². The minimum Gasteiger partial charge on any atom is -0.448 e. The molecule has 1 aliphatic carbocycles. The standard InChI is InChI=1S/C28H25ClN2O2/c29-27-21(13-6-14-30-27)18-15-19-7-5-8-20(16-18)31(19)28(32)33-17-26-24-11-3-1-9-22(24)23-10-2-4-12-25(23)26/h1-4,6,9-15,19-20,26H,5,7-8,16-17H2. The highest BCUT2D eigenvalue weighted by molar-refractivity contribution is 6.31. The third-order valence-electron chi connectivity index (χ3n) is 7.29. The van der Waals surface area contributed by atoms with Crippen molar-refractivity contribution in [2.75, 3.05) is 6.61 Å². The summed E-state index contributed by atoms with van der Waals surface area (Å²) in [6.07, 6.45) is 7.52. The van der Waals surface area contributed by atoms with Gasteiger partial charge in [-0.25, -0.2) is 9.78 Å². The van der Waals surface area contributed by atoms with Crippen LogP contribution in [0, 0.1) is 0 Å². The van der Waals surface area contributed by atoms with Crippen LogP contribution >= 0.6 is 11.6 Å². The Balaban J connectivity index is 1.23. The van der Waals surface area contributed by atoms with Gasteiger partial charge in [-0.15, -0.1) is 0 Å². The fourth-order valence-corrected chi connectivity index (χ4v) is 6.05. The minimum atomic E-state index is -0.209. The van der Waals surface area contributed by atoms with E-state index in [0.717, 1.165) is 31.2 Å². The molecule has 5 heteroatoms. The molecule has 33 heavy (non-hydrogen) atoms. The molecule has 4 nitrogen and oxygen atoms in total. The van der Waals surface area contributed by atoms with Crippen molar-refractivity contribution in [2.45, 2.75) is 43.7 Å². The maximum Gasteiger partial charge on any atom is 0.410 e. The number of ether oxygens (including phenoxy) is 1. The normalized spacial score (nSPS) is 21.2. The van der Waals surface area contributed by atoms with Crippen molar-refractivity contribution in [1.82, 2.24) is 9.88 Å². The highest BCUT2D eigenvalue weighted by Gasteiger charge is 2.39. The molecular weight excluding hydrogens is 432 g/mol. The first kappa shape index (κ1) is 20.5. The van der Waals surface area contributed by atoms with Gasteiger partial charge in [0.25, 0.3) is 0 Å². The van der Waals surface area contributed by atoms with Gasteiger partial charge >= 0.3 is 6.09 Å². The molecule has 2 bridgehead atoms. The van der Waals surface area contributed by atoms with E-state index in [0.29, 0.717) is 11.8 Å². The van der Waals surface area contributed by atoms with Crippen LogP contribution in [-0.4, -0.2) is 34.7 Å². The van der Waals surface area contributed by atoms with Crippen LogP contribution in [0.25, 0.3) is 16.7 Å². The van der Waals surface area contributed by atoms with Crippen molar-refractivity contribution in [3.63, 3.8) is 0 Å². The summed E-state index contributed by atoms with van der Waals surface area (Å²) >= 11 is 6.36. The Hall–Kier alpha value is -3.11. The lowest BCUT2D eigenvalue weighted by Gasteiger charge is -2.44. The molecule has 0 saturated carbocycles. The first-order chi connectivity index (χ1) is 16.2. The van der Waals surface area contributed by atoms with Gasteiger partial charge in [-0.1, -0.05) is 72.3 Å². The van der Waals surface area contributed by atoms with E-state index in [2.05, 4.69) is 59.6 Å². The summed E-state index contributed by atoms with van der Waals surface area (Å²) in [5, 5.41) is 0.524. The summed E-state index contributed by atoms with van der Waals surface area (Å²) < 4.78 is 6.00. The predicted molar refractivity (Wildman–Crippen MR) is 130 cm³/mol. The van der Waals surface area contributed by atoms with E-state index in [4.69, 9.17) is 16.3 Å². The molecular formula is C28H25ClN2O2. The number of carbonyl (C=O) groups excluding carboxylic acids is 1. The molecule has 1 fully saturated rings. The number of rotatable bonds is 3. The van der Waals surface area contributed by atoms with Crippen molar-refractivity contribution in [3.05, 3.63) is 94.8 Å². The Morgan fingerprint density at radius 3 is 2.36 bits per heavy atom. The van der Waals surface area contributed by atoms with Crippen LogP contribution in [0.1, 0.15) is 48.3 Å². The Kier molecular flexibility index (Phi) is 5.18. The number of amides is 1. The number of fused-ring (bicyclic) bond motifs is 5. The molecule has 1 aromatic heterocycles. The SMILES string of the molecule is O=C(OCC1c2ccccc2-c2ccccc21)N1C2C=C(c3cccnc3Cl)CC1CCC2. The summed E-state index contributed by atoms with van der Waals surface area (Å²) in [6, 6.07) is 21.0. The van der Waals surface area contributed by atoms with E-state index in [1.807, 2.05) is 17.0 Å². The third kappa shape index (κ3) is 3.53. The van der Waals surface area contributed by atoms with Crippen LogP contribution in [0.2, 0.25) is 5.15 Å². The highest BCUT2D eigenvalue weighted by Crippen LogP contribution is 2.45. The fourth-order valence-electron chi connectivity index (χ4n) is 5.81. The van der Waals surface area contributed by atoms with Crippen molar-refractivity contribution in [2.24, 2.45) is 0 Å². The van der Waals surface area contributed by atoms with Crippen LogP contribution < -0.4 is 0 Å². The fraction of sp³-hybridized carbons (Fsp3) is 0.286. The molecule has 6 rings (SSSR count). The largest absolute Gasteiger partial charge is 0.448 e. The van der Waals surface area contributed by atoms with Crippen LogP contribution in [0.3, 0.4) is 0 Å². The quantitative estimate of drug-likeness (QED) is 0.412. The second-order valence-electron chi connectivity index (χ2n) is 9.10. The summed E-state index contributed by atoms with van der Waals surface area (Å²) in [5.41, 5.74) is 7.11. The third-order valence-corrected chi connectivity index (χ3v) is 7.59. The van der Waals surface area contributed by atoms with E-state index in [9.17, 15) is 4.79 Å². The summed E-state index contributed by atoms with van der Waals surface area (Å²) in [6.45, 7) is 0.355. The Bertz CT molecular complexity index is 1210. The molecule has 0 spiro atoms. The van der Waals surface area contributed by atoms with Crippen molar-refractivity contribution in [3.8, 4) is 11.1 Å². The summed E-state index contributed by atoms with van der Waals surface area (Å²) in [4.78, 5) is 19.5. The van der Waals surface area contributed by atoms with E-state index in [1.165, 1.54) is 27.8 Å². The average Bonchev–Trinajstić information content (AvgIpc) is 3.16. The lowest BCUT2D eigenvalue weighted by Crippen LogP contribution is -2.51. The molecule has 0 radical (unpaired) electrons. The lowest BCUT2D eigenvalue weighted by atomic mass is 9.83. The average molecular weight is 457 g/mol. The summed E-state index contributed by atoms with van der Waals surface area (Å²) in [5.74, 6) is 0.0753. The Morgan fingerprint density at radius 1 is 0.970 bits per heavy atom. The van der Waals surface area contributed by atoms with Crippen LogP contribution in [0.4, 0.5) is 4.79 Å². The molecule has 3 aliphatic rings. The topological polar surface area (TPSA) is 42.4 Å². The number of piperidine rings is 1. The molecule has 3 aromatic rings. The van der Waals surface area contributed by atoms with E-state index < -0.39 is 0 Å². The van der Waals surface area contributed by atoms with E-state index >= 15 is 0 Å². The first-order valence-electron chi connectivity index (χ1n) is 11.7. The van der Waals surface area contributed by atoms with Gasteiger partial charge in [-0.2, -0.15) is 0 Å². The maximum absolute atomic E-state index is 13.3. The van der Waals surface area contributed by atoms with Gasteiger partial charge in [0.1, 0.15) is 11.8 Å². The second-order valence-corrected chi connectivity index (χ2v) is 9.46. The van der Waals surface area contributed by atoms with Crippen LogP contribution in [-0.2, 0) is 4.74 Å². The van der Waals surface area contributed by atoms with E-state index in [-0.39, 0.29) is 24.1 Å². The number of hydrogen-bond donors (Lipinski definition) is 0. The zero-order chi connectivity index (χ0) is 22.4. The van der Waals surface area contributed by atoms with Gasteiger partial charge in [0.05, 0.1) is 6.04 Å². The van der Waals surface area contributed by atoms with Gasteiger partial charge in [-0.3, -0.25) is 4.90 Å². The van der Waals surface area contributed by atoms with Gasteiger partial charge < -0.3 is 4.74 Å². The molecule has 1 amide bonds. The number of benzene rings is 2. The van der Waals surface area contributed by atoms with Gasteiger partial charge in [0.15, 0.2) is 0 Å². The number of aromatic nitrogens is 1. The monoisotopic (exact) mass is 456 g/mol. The van der Waals surface area contributed by atoms with Crippen molar-refractivity contribution >= 4 is 23.3 Å². The summed E-state index contributed by atoms with van der Waals surface area (Å²) in [7, 11) is 0. The molecule has 3 heterocycles. The number of halogens is 1. The zero-order valence-corrected chi connectivity index (χ0v) is 19.0. The molecule has 2 aromatic carbocycles. The Morgan fingerprint density at radius 2 is 1.67 bits per heavy atom. The van der Waals surface area contributed by atoms with Gasteiger partial charge in [0, 0.05) is 23.7 Å². The molecule has 2 atom stereocenters. The molecule has 166 valence electrons. The van der Waals surface area contributed by atoms with E-state index in [1.54, 1.807) is 6.20 Å². The minimum absolute atomic E-state index is 0.0411. The number of hydrogen-bond acceptors (Lipinski definition) is 3. The molecule has 2 unspecified atom stereocenters. The lowest BCUT2D eigenvalue weighted by molar-refractivity contribution is 0.0539.